The predicted molar refractivity (Wildman–Crippen MR) is 74.5 cm³/mol. The molecule has 0 aliphatic carbocycles. The first kappa shape index (κ1) is 12.5. The van der Waals surface area contributed by atoms with E-state index in [-0.39, 0.29) is 0 Å². The van der Waals surface area contributed by atoms with Crippen LogP contribution >= 0.6 is 11.3 Å². The second-order valence-corrected chi connectivity index (χ2v) is 5.39. The number of aromatic nitrogens is 1. The summed E-state index contributed by atoms with van der Waals surface area (Å²) in [7, 11) is 4.15. The van der Waals surface area contributed by atoms with Crippen molar-refractivity contribution in [1.29, 1.82) is 0 Å². The maximum absolute atomic E-state index is 4.64. The lowest BCUT2D eigenvalue weighted by atomic mass is 10.3. The van der Waals surface area contributed by atoms with Gasteiger partial charge in [0.15, 0.2) is 0 Å². The Kier molecular flexibility index (Phi) is 4.48. The fourth-order valence-corrected chi connectivity index (χ4v) is 2.87. The van der Waals surface area contributed by atoms with Crippen molar-refractivity contribution in [3.8, 4) is 0 Å². The number of para-hydroxylation sites is 1. The molecular formula is C13H19N3S. The highest BCUT2D eigenvalue weighted by molar-refractivity contribution is 7.18. The van der Waals surface area contributed by atoms with Crippen molar-refractivity contribution in [2.75, 3.05) is 27.2 Å². The number of nitrogens with zero attached hydrogens (tertiary/aromatic N) is 2. The number of thiazole rings is 1. The van der Waals surface area contributed by atoms with E-state index in [0.29, 0.717) is 0 Å². The van der Waals surface area contributed by atoms with E-state index in [9.17, 15) is 0 Å². The number of fused-ring (bicyclic) bond motifs is 1. The van der Waals surface area contributed by atoms with Gasteiger partial charge in [-0.15, -0.1) is 11.3 Å². The van der Waals surface area contributed by atoms with E-state index in [4.69, 9.17) is 0 Å². The zero-order chi connectivity index (χ0) is 12.1. The SMILES string of the molecule is CNCCCN(C)Cc1nc2ccccc2s1. The Hall–Kier alpha value is -0.970. The maximum Gasteiger partial charge on any atom is 0.108 e. The number of hydrogen-bond donors (Lipinski definition) is 1. The van der Waals surface area contributed by atoms with Crippen LogP contribution in [0, 0.1) is 0 Å². The molecule has 0 spiro atoms. The van der Waals surface area contributed by atoms with E-state index in [1.165, 1.54) is 16.1 Å². The van der Waals surface area contributed by atoms with Crippen LogP contribution in [0.15, 0.2) is 24.3 Å². The van der Waals surface area contributed by atoms with Gasteiger partial charge in [-0.3, -0.25) is 4.90 Å². The summed E-state index contributed by atoms with van der Waals surface area (Å²) >= 11 is 1.80. The summed E-state index contributed by atoms with van der Waals surface area (Å²) in [4.78, 5) is 6.97. The predicted octanol–water partition coefficient (Wildman–Crippen LogP) is 2.34. The van der Waals surface area contributed by atoms with Crippen LogP contribution in [0.1, 0.15) is 11.4 Å². The first-order valence-electron chi connectivity index (χ1n) is 5.97. The van der Waals surface area contributed by atoms with Gasteiger partial charge in [-0.05, 0) is 45.7 Å². The first-order valence-corrected chi connectivity index (χ1v) is 6.79. The van der Waals surface area contributed by atoms with Crippen LogP contribution in [-0.4, -0.2) is 37.1 Å². The highest BCUT2D eigenvalue weighted by atomic mass is 32.1. The van der Waals surface area contributed by atoms with E-state index >= 15 is 0 Å². The Labute approximate surface area is 106 Å². The largest absolute Gasteiger partial charge is 0.320 e. The molecule has 0 aliphatic rings. The van der Waals surface area contributed by atoms with Gasteiger partial charge in [-0.1, -0.05) is 12.1 Å². The van der Waals surface area contributed by atoms with E-state index in [1.807, 2.05) is 13.1 Å². The Morgan fingerprint density at radius 3 is 2.94 bits per heavy atom. The second-order valence-electron chi connectivity index (χ2n) is 4.27. The molecule has 1 heterocycles. The summed E-state index contributed by atoms with van der Waals surface area (Å²) < 4.78 is 1.28. The smallest absolute Gasteiger partial charge is 0.108 e. The third-order valence-electron chi connectivity index (χ3n) is 2.71. The quantitative estimate of drug-likeness (QED) is 0.797. The van der Waals surface area contributed by atoms with Gasteiger partial charge in [0.1, 0.15) is 5.01 Å². The minimum absolute atomic E-state index is 0.947. The molecule has 0 saturated carbocycles. The average molecular weight is 249 g/mol. The van der Waals surface area contributed by atoms with Crippen molar-refractivity contribution < 1.29 is 0 Å². The molecule has 0 atom stereocenters. The molecule has 1 aromatic carbocycles. The average Bonchev–Trinajstić information content (AvgIpc) is 2.71. The minimum atomic E-state index is 0.947. The Morgan fingerprint density at radius 2 is 2.18 bits per heavy atom. The fourth-order valence-electron chi connectivity index (χ4n) is 1.82. The molecule has 4 heteroatoms. The molecule has 3 nitrogen and oxygen atoms in total. The van der Waals surface area contributed by atoms with Crippen LogP contribution in [0.25, 0.3) is 10.2 Å². The first-order chi connectivity index (χ1) is 8.29. The molecule has 0 bridgehead atoms. The van der Waals surface area contributed by atoms with Gasteiger partial charge in [0.2, 0.25) is 0 Å². The molecule has 0 amide bonds. The van der Waals surface area contributed by atoms with Crippen LogP contribution < -0.4 is 5.32 Å². The van der Waals surface area contributed by atoms with Crippen LogP contribution in [0.5, 0.6) is 0 Å². The molecular weight excluding hydrogens is 230 g/mol. The topological polar surface area (TPSA) is 28.2 Å². The van der Waals surface area contributed by atoms with Crippen LogP contribution in [0.4, 0.5) is 0 Å². The molecule has 0 aliphatic heterocycles. The van der Waals surface area contributed by atoms with Crippen molar-refractivity contribution >= 4 is 21.6 Å². The molecule has 1 aromatic heterocycles. The Balaban J connectivity index is 1.93. The molecule has 2 aromatic rings. The van der Waals surface area contributed by atoms with Crippen molar-refractivity contribution in [2.45, 2.75) is 13.0 Å². The van der Waals surface area contributed by atoms with E-state index in [2.05, 4.69) is 40.4 Å². The summed E-state index contributed by atoms with van der Waals surface area (Å²) in [5, 5.41) is 4.38. The summed E-state index contributed by atoms with van der Waals surface area (Å²) in [6.45, 7) is 3.13. The van der Waals surface area contributed by atoms with E-state index < -0.39 is 0 Å². The number of nitrogens with one attached hydrogen (secondary N) is 1. The molecule has 0 fully saturated rings. The normalized spacial score (nSPS) is 11.5. The van der Waals surface area contributed by atoms with Crippen LogP contribution in [0.3, 0.4) is 0 Å². The van der Waals surface area contributed by atoms with Crippen molar-refractivity contribution in [3.63, 3.8) is 0 Å². The number of rotatable bonds is 6. The van der Waals surface area contributed by atoms with Crippen LogP contribution in [-0.2, 0) is 6.54 Å². The minimum Gasteiger partial charge on any atom is -0.320 e. The Bertz CT molecular complexity index is 433. The van der Waals surface area contributed by atoms with Gasteiger partial charge in [0.05, 0.1) is 16.8 Å². The summed E-state index contributed by atoms with van der Waals surface area (Å²) in [5.74, 6) is 0. The summed E-state index contributed by atoms with van der Waals surface area (Å²) in [6.07, 6.45) is 1.18. The third-order valence-corrected chi connectivity index (χ3v) is 3.73. The molecule has 2 rings (SSSR count). The van der Waals surface area contributed by atoms with E-state index in [1.54, 1.807) is 11.3 Å². The monoisotopic (exact) mass is 249 g/mol. The van der Waals surface area contributed by atoms with Crippen LogP contribution in [0.2, 0.25) is 0 Å². The van der Waals surface area contributed by atoms with Gasteiger partial charge in [0.25, 0.3) is 0 Å². The Morgan fingerprint density at radius 1 is 1.35 bits per heavy atom. The fraction of sp³-hybridized carbons (Fsp3) is 0.462. The summed E-state index contributed by atoms with van der Waals surface area (Å²) in [5.41, 5.74) is 1.12. The maximum atomic E-state index is 4.64. The standard InChI is InChI=1S/C13H19N3S/c1-14-8-5-9-16(2)10-13-15-11-6-3-4-7-12(11)17-13/h3-4,6-7,14H,5,8-10H2,1-2H3. The second kappa shape index (κ2) is 6.10. The van der Waals surface area contributed by atoms with Gasteiger partial charge >= 0.3 is 0 Å². The number of hydrogen-bond acceptors (Lipinski definition) is 4. The zero-order valence-electron chi connectivity index (χ0n) is 10.4. The lowest BCUT2D eigenvalue weighted by Crippen LogP contribution is -2.22. The highest BCUT2D eigenvalue weighted by Gasteiger charge is 2.05. The number of benzene rings is 1. The lowest BCUT2D eigenvalue weighted by Gasteiger charge is -2.14. The highest BCUT2D eigenvalue weighted by Crippen LogP contribution is 2.22. The molecule has 0 unspecified atom stereocenters. The molecule has 0 radical (unpaired) electrons. The summed E-state index contributed by atoms with van der Waals surface area (Å²) in [6, 6.07) is 8.33. The van der Waals surface area contributed by atoms with E-state index in [0.717, 1.165) is 25.2 Å². The van der Waals surface area contributed by atoms with Gasteiger partial charge in [0, 0.05) is 0 Å². The third kappa shape index (κ3) is 3.49. The molecule has 1 N–H and O–H groups in total. The van der Waals surface area contributed by atoms with Crippen molar-refractivity contribution in [2.24, 2.45) is 0 Å². The van der Waals surface area contributed by atoms with Gasteiger partial charge in [-0.2, -0.15) is 0 Å². The lowest BCUT2D eigenvalue weighted by molar-refractivity contribution is 0.321. The van der Waals surface area contributed by atoms with Crippen molar-refractivity contribution in [3.05, 3.63) is 29.3 Å². The molecule has 92 valence electrons. The van der Waals surface area contributed by atoms with Gasteiger partial charge in [-0.25, -0.2) is 4.98 Å². The zero-order valence-corrected chi connectivity index (χ0v) is 11.3. The van der Waals surface area contributed by atoms with Gasteiger partial charge < -0.3 is 5.32 Å². The van der Waals surface area contributed by atoms with Crippen molar-refractivity contribution in [1.82, 2.24) is 15.2 Å². The molecule has 17 heavy (non-hydrogen) atoms. The molecule has 0 saturated heterocycles.